The number of amides is 2. The van der Waals surface area contributed by atoms with Crippen molar-refractivity contribution in [2.24, 2.45) is 0 Å². The molecular weight excluding hydrogens is 483 g/mol. The van der Waals surface area contributed by atoms with Gasteiger partial charge in [0.05, 0.1) is 16.6 Å². The molecule has 0 aliphatic carbocycles. The van der Waals surface area contributed by atoms with Crippen molar-refractivity contribution in [2.75, 3.05) is 16.3 Å². The summed E-state index contributed by atoms with van der Waals surface area (Å²) in [5.41, 5.74) is -1.42. The number of anilines is 2. The van der Waals surface area contributed by atoms with Crippen LogP contribution in [0.15, 0.2) is 51.7 Å². The number of fused-ring (bicyclic) bond motifs is 5. The van der Waals surface area contributed by atoms with Gasteiger partial charge < -0.3 is 9.32 Å². The summed E-state index contributed by atoms with van der Waals surface area (Å²) in [4.78, 5) is 45.2. The molecule has 6 rings (SSSR count). The number of para-hydroxylation sites is 1. The van der Waals surface area contributed by atoms with Gasteiger partial charge in [0, 0.05) is 18.5 Å². The Kier molecular flexibility index (Phi) is 5.04. The molecule has 0 saturated carbocycles. The van der Waals surface area contributed by atoms with Crippen LogP contribution in [0.1, 0.15) is 53.4 Å². The monoisotopic (exact) mass is 504 g/mol. The van der Waals surface area contributed by atoms with Crippen LogP contribution < -0.4 is 15.2 Å². The minimum absolute atomic E-state index is 0.0362. The maximum absolute atomic E-state index is 14.4. The summed E-state index contributed by atoms with van der Waals surface area (Å²) in [5, 5.41) is 9.35. The van der Waals surface area contributed by atoms with E-state index < -0.39 is 28.6 Å². The molecule has 1 unspecified atom stereocenters. The average Bonchev–Trinajstić information content (AvgIpc) is 3.50. The van der Waals surface area contributed by atoms with Crippen molar-refractivity contribution in [1.29, 1.82) is 0 Å². The standard InChI is InChI=1S/C26H21FN4O4S/c1-3-7-19-28-29-25(36-19)31-23(33)22-20(21(32)15-13-14(27)10-11-18(15)35-22)26(31)16-8-5-6-9-17(16)30(12-4-2)24(26)34/h5-6,8-11,13H,3-4,7,12H2,1-2H3. The summed E-state index contributed by atoms with van der Waals surface area (Å²) in [6, 6.07) is 10.6. The number of halogens is 1. The zero-order valence-electron chi connectivity index (χ0n) is 19.6. The molecule has 0 saturated heterocycles. The van der Waals surface area contributed by atoms with E-state index in [1.165, 1.54) is 22.3 Å². The first-order chi connectivity index (χ1) is 17.4. The number of benzene rings is 2. The highest BCUT2D eigenvalue weighted by atomic mass is 32.1. The molecule has 1 spiro atoms. The Labute approximate surface area is 209 Å². The molecular formula is C26H21FN4O4S. The maximum atomic E-state index is 14.4. The first-order valence-electron chi connectivity index (χ1n) is 11.8. The Bertz CT molecular complexity index is 1630. The minimum atomic E-state index is -1.83. The lowest BCUT2D eigenvalue weighted by Crippen LogP contribution is -2.53. The van der Waals surface area contributed by atoms with Gasteiger partial charge in [0.15, 0.2) is 11.0 Å². The average molecular weight is 505 g/mol. The van der Waals surface area contributed by atoms with E-state index in [9.17, 15) is 18.8 Å². The molecule has 0 fully saturated rings. The quantitative estimate of drug-likeness (QED) is 0.400. The summed E-state index contributed by atoms with van der Waals surface area (Å²) in [5.74, 6) is -1.97. The van der Waals surface area contributed by atoms with Crippen molar-refractivity contribution in [3.8, 4) is 0 Å². The molecule has 182 valence electrons. The van der Waals surface area contributed by atoms with E-state index in [1.54, 1.807) is 29.2 Å². The Morgan fingerprint density at radius 2 is 1.86 bits per heavy atom. The number of aryl methyl sites for hydroxylation is 1. The molecule has 0 N–H and O–H groups in total. The summed E-state index contributed by atoms with van der Waals surface area (Å²) in [6.07, 6.45) is 2.15. The van der Waals surface area contributed by atoms with Gasteiger partial charge >= 0.3 is 0 Å². The van der Waals surface area contributed by atoms with Crippen LogP contribution in [-0.2, 0) is 16.8 Å². The van der Waals surface area contributed by atoms with Crippen molar-refractivity contribution < 1.29 is 18.4 Å². The normalized spacial score (nSPS) is 18.5. The summed E-state index contributed by atoms with van der Waals surface area (Å²) in [7, 11) is 0. The second kappa shape index (κ2) is 8.06. The molecule has 2 aliphatic heterocycles. The lowest BCUT2D eigenvalue weighted by atomic mass is 9.84. The van der Waals surface area contributed by atoms with Gasteiger partial charge in [0.2, 0.25) is 10.9 Å². The third-order valence-electron chi connectivity index (χ3n) is 6.64. The molecule has 2 aliphatic rings. The number of hydrogen-bond acceptors (Lipinski definition) is 7. The molecule has 4 aromatic rings. The molecule has 4 heterocycles. The number of nitrogens with zero attached hydrogens (tertiary/aromatic N) is 4. The SMILES string of the molecule is CCCc1nnc(N2C(=O)c3oc4ccc(F)cc4c(=O)c3C23C(=O)N(CCC)c2ccccc23)s1. The first kappa shape index (κ1) is 22.5. The van der Waals surface area contributed by atoms with Crippen LogP contribution in [0.2, 0.25) is 0 Å². The summed E-state index contributed by atoms with van der Waals surface area (Å²) in [6.45, 7) is 4.34. The Hall–Kier alpha value is -3.92. The van der Waals surface area contributed by atoms with Crippen LogP contribution in [0, 0.1) is 5.82 Å². The van der Waals surface area contributed by atoms with E-state index in [1.807, 2.05) is 13.8 Å². The van der Waals surface area contributed by atoms with Crippen molar-refractivity contribution in [1.82, 2.24) is 10.2 Å². The molecule has 10 heteroatoms. The van der Waals surface area contributed by atoms with Crippen LogP contribution in [0.5, 0.6) is 0 Å². The lowest BCUT2D eigenvalue weighted by molar-refractivity contribution is -0.121. The minimum Gasteiger partial charge on any atom is -0.450 e. The smallest absolute Gasteiger partial charge is 0.297 e. The van der Waals surface area contributed by atoms with Crippen LogP contribution in [0.3, 0.4) is 0 Å². The van der Waals surface area contributed by atoms with Crippen molar-refractivity contribution in [3.05, 3.63) is 80.4 Å². The molecule has 0 bridgehead atoms. The van der Waals surface area contributed by atoms with E-state index in [4.69, 9.17) is 4.42 Å². The molecule has 2 aromatic carbocycles. The second-order valence-corrected chi connectivity index (χ2v) is 9.87. The maximum Gasteiger partial charge on any atom is 0.297 e. The largest absolute Gasteiger partial charge is 0.450 e. The number of carbonyl (C=O) groups excluding carboxylic acids is 2. The van der Waals surface area contributed by atoms with Gasteiger partial charge in [-0.1, -0.05) is 43.4 Å². The highest BCUT2D eigenvalue weighted by Crippen LogP contribution is 2.54. The molecule has 2 amide bonds. The van der Waals surface area contributed by atoms with Gasteiger partial charge in [-0.15, -0.1) is 10.2 Å². The van der Waals surface area contributed by atoms with E-state index in [0.717, 1.165) is 18.6 Å². The lowest BCUT2D eigenvalue weighted by Gasteiger charge is -2.32. The molecule has 0 radical (unpaired) electrons. The predicted molar refractivity (Wildman–Crippen MR) is 133 cm³/mol. The van der Waals surface area contributed by atoms with Gasteiger partial charge in [-0.25, -0.2) is 4.39 Å². The molecule has 8 nitrogen and oxygen atoms in total. The number of hydrogen-bond donors (Lipinski definition) is 0. The third kappa shape index (κ3) is 2.81. The zero-order valence-corrected chi connectivity index (χ0v) is 20.4. The summed E-state index contributed by atoms with van der Waals surface area (Å²) >= 11 is 1.20. The van der Waals surface area contributed by atoms with Gasteiger partial charge in [0.25, 0.3) is 11.8 Å². The number of aromatic nitrogens is 2. The zero-order chi connectivity index (χ0) is 25.2. The fraction of sp³-hybridized carbons (Fsp3) is 0.269. The van der Waals surface area contributed by atoms with Crippen molar-refractivity contribution in [3.63, 3.8) is 0 Å². The van der Waals surface area contributed by atoms with Gasteiger partial charge in [-0.2, -0.15) is 0 Å². The topological polar surface area (TPSA) is 96.6 Å². The van der Waals surface area contributed by atoms with Gasteiger partial charge in [-0.05, 0) is 37.1 Å². The van der Waals surface area contributed by atoms with E-state index >= 15 is 0 Å². The van der Waals surface area contributed by atoms with Crippen LogP contribution in [0.25, 0.3) is 11.0 Å². The summed E-state index contributed by atoms with van der Waals surface area (Å²) < 4.78 is 20.1. The van der Waals surface area contributed by atoms with Crippen LogP contribution in [0.4, 0.5) is 15.2 Å². The fourth-order valence-corrected chi connectivity index (χ4v) is 6.22. The Morgan fingerprint density at radius 3 is 2.64 bits per heavy atom. The Morgan fingerprint density at radius 1 is 1.06 bits per heavy atom. The van der Waals surface area contributed by atoms with E-state index in [0.29, 0.717) is 35.6 Å². The predicted octanol–water partition coefficient (Wildman–Crippen LogP) is 4.40. The first-order valence-corrected chi connectivity index (χ1v) is 12.6. The highest BCUT2D eigenvalue weighted by Gasteiger charge is 2.66. The molecule has 2 aromatic heterocycles. The number of carbonyl (C=O) groups is 2. The Balaban J connectivity index is 1.74. The van der Waals surface area contributed by atoms with E-state index in [-0.39, 0.29) is 27.4 Å². The van der Waals surface area contributed by atoms with E-state index in [2.05, 4.69) is 10.2 Å². The van der Waals surface area contributed by atoms with Gasteiger partial charge in [0.1, 0.15) is 16.4 Å². The van der Waals surface area contributed by atoms with Gasteiger partial charge in [-0.3, -0.25) is 19.3 Å². The fourth-order valence-electron chi connectivity index (χ4n) is 5.23. The number of rotatable bonds is 5. The second-order valence-electron chi connectivity index (χ2n) is 8.83. The van der Waals surface area contributed by atoms with Crippen molar-refractivity contribution >= 4 is 44.9 Å². The third-order valence-corrected chi connectivity index (χ3v) is 7.61. The molecule has 36 heavy (non-hydrogen) atoms. The highest BCUT2D eigenvalue weighted by molar-refractivity contribution is 7.15. The molecule has 1 atom stereocenters. The van der Waals surface area contributed by atoms with Crippen molar-refractivity contribution in [2.45, 2.75) is 38.6 Å². The van der Waals surface area contributed by atoms with Crippen LogP contribution in [-0.4, -0.2) is 28.6 Å². The van der Waals surface area contributed by atoms with Crippen LogP contribution >= 0.6 is 11.3 Å².